The van der Waals surface area contributed by atoms with Gasteiger partial charge in [-0.1, -0.05) is 12.2 Å². The van der Waals surface area contributed by atoms with E-state index < -0.39 is 0 Å². The first-order chi connectivity index (χ1) is 8.25. The predicted octanol–water partition coefficient (Wildman–Crippen LogP) is 3.20. The Hall–Kier alpha value is -1.90. The Morgan fingerprint density at radius 3 is 3.06 bits per heavy atom. The minimum absolute atomic E-state index is 0.102. The molecule has 0 spiro atoms. The molecule has 0 bridgehead atoms. The van der Waals surface area contributed by atoms with Crippen LogP contribution in [-0.4, -0.2) is 9.55 Å². The first-order valence-electron chi connectivity index (χ1n) is 5.72. The van der Waals surface area contributed by atoms with Crippen molar-refractivity contribution in [3.05, 3.63) is 59.4 Å². The molecule has 1 aliphatic rings. The summed E-state index contributed by atoms with van der Waals surface area (Å²) >= 11 is 0. The van der Waals surface area contributed by atoms with Crippen LogP contribution in [0.1, 0.15) is 29.7 Å². The molecule has 1 aromatic carbocycles. The Labute approximate surface area is 99.4 Å². The molecule has 0 saturated heterocycles. The van der Waals surface area contributed by atoms with Crippen LogP contribution in [0.15, 0.2) is 36.9 Å². The van der Waals surface area contributed by atoms with E-state index >= 15 is 0 Å². The molecule has 17 heavy (non-hydrogen) atoms. The molecular weight excluding hydrogens is 215 g/mol. The predicted molar refractivity (Wildman–Crippen MR) is 65.2 cm³/mol. The second-order valence-electron chi connectivity index (χ2n) is 4.36. The second-order valence-corrected chi connectivity index (χ2v) is 4.36. The number of nitrogens with zero attached hydrogens (tertiary/aromatic N) is 2. The molecule has 0 N–H and O–H groups in total. The summed E-state index contributed by atoms with van der Waals surface area (Å²) in [6, 6.07) is 3.35. The van der Waals surface area contributed by atoms with Gasteiger partial charge in [0.1, 0.15) is 5.82 Å². The lowest BCUT2D eigenvalue weighted by Gasteiger charge is -2.17. The largest absolute Gasteiger partial charge is 0.330 e. The number of allylic oxidation sites excluding steroid dienone is 1. The summed E-state index contributed by atoms with van der Waals surface area (Å²) in [5, 5.41) is 0. The van der Waals surface area contributed by atoms with E-state index in [1.54, 1.807) is 24.7 Å². The smallest absolute Gasteiger partial charge is 0.123 e. The van der Waals surface area contributed by atoms with Crippen molar-refractivity contribution in [1.82, 2.24) is 9.55 Å². The van der Waals surface area contributed by atoms with Crippen molar-refractivity contribution in [3.8, 4) is 0 Å². The Balaban J connectivity index is 2.11. The van der Waals surface area contributed by atoms with E-state index in [1.807, 2.05) is 10.8 Å². The van der Waals surface area contributed by atoms with Crippen LogP contribution in [0.4, 0.5) is 4.39 Å². The summed E-state index contributed by atoms with van der Waals surface area (Å²) in [5.74, 6) is -0.158. The average molecular weight is 228 g/mol. The van der Waals surface area contributed by atoms with Gasteiger partial charge in [0.25, 0.3) is 0 Å². The van der Waals surface area contributed by atoms with Crippen LogP contribution in [0, 0.1) is 5.82 Å². The van der Waals surface area contributed by atoms with Gasteiger partial charge in [-0.2, -0.15) is 0 Å². The molecule has 1 heterocycles. The molecule has 1 aromatic heterocycles. The van der Waals surface area contributed by atoms with Crippen LogP contribution in [0.25, 0.3) is 6.08 Å². The second kappa shape index (κ2) is 3.84. The van der Waals surface area contributed by atoms with Gasteiger partial charge in [0, 0.05) is 12.4 Å². The van der Waals surface area contributed by atoms with Crippen LogP contribution >= 0.6 is 0 Å². The summed E-state index contributed by atoms with van der Waals surface area (Å²) in [4.78, 5) is 4.04. The first-order valence-corrected chi connectivity index (χ1v) is 5.72. The van der Waals surface area contributed by atoms with Gasteiger partial charge in [0.05, 0.1) is 12.4 Å². The molecule has 1 atom stereocenters. The van der Waals surface area contributed by atoms with Crippen LogP contribution in [0.5, 0.6) is 0 Å². The maximum absolute atomic E-state index is 13.6. The highest BCUT2D eigenvalue weighted by molar-refractivity contribution is 5.64. The average Bonchev–Trinajstić information content (AvgIpc) is 2.97. The first kappa shape index (κ1) is 10.3. The molecule has 0 fully saturated rings. The minimum atomic E-state index is -0.158. The van der Waals surface area contributed by atoms with Crippen LogP contribution in [-0.2, 0) is 6.42 Å². The van der Waals surface area contributed by atoms with E-state index in [1.165, 1.54) is 0 Å². The molecular formula is C14H13FN2. The summed E-state index contributed by atoms with van der Waals surface area (Å²) in [5.41, 5.74) is 3.26. The lowest BCUT2D eigenvalue weighted by atomic mass is 9.98. The Bertz CT molecular complexity index is 570. The molecule has 0 amide bonds. The fraction of sp³-hybridized carbons (Fsp3) is 0.214. The molecule has 0 radical (unpaired) electrons. The van der Waals surface area contributed by atoms with Crippen molar-refractivity contribution < 1.29 is 4.39 Å². The zero-order valence-corrected chi connectivity index (χ0v) is 9.60. The third kappa shape index (κ3) is 1.68. The molecule has 3 rings (SSSR count). The van der Waals surface area contributed by atoms with Crippen molar-refractivity contribution in [3.63, 3.8) is 0 Å². The number of fused-ring (bicyclic) bond motifs is 1. The molecule has 1 aliphatic carbocycles. The van der Waals surface area contributed by atoms with Crippen LogP contribution in [0.2, 0.25) is 0 Å². The van der Waals surface area contributed by atoms with Gasteiger partial charge in [-0.3, -0.25) is 0 Å². The maximum Gasteiger partial charge on any atom is 0.123 e. The van der Waals surface area contributed by atoms with Gasteiger partial charge in [0.15, 0.2) is 0 Å². The van der Waals surface area contributed by atoms with Crippen molar-refractivity contribution in [1.29, 1.82) is 0 Å². The molecule has 0 aliphatic heterocycles. The van der Waals surface area contributed by atoms with E-state index in [9.17, 15) is 4.39 Å². The van der Waals surface area contributed by atoms with Gasteiger partial charge in [-0.15, -0.1) is 0 Å². The van der Waals surface area contributed by atoms with E-state index in [4.69, 9.17) is 0 Å². The number of hydrogen-bond acceptors (Lipinski definition) is 1. The number of hydrogen-bond donors (Lipinski definition) is 0. The monoisotopic (exact) mass is 228 g/mol. The summed E-state index contributed by atoms with van der Waals surface area (Å²) in [7, 11) is 0. The maximum atomic E-state index is 13.6. The highest BCUT2D eigenvalue weighted by Crippen LogP contribution is 2.30. The van der Waals surface area contributed by atoms with E-state index in [0.29, 0.717) is 0 Å². The zero-order valence-electron chi connectivity index (χ0n) is 9.60. The van der Waals surface area contributed by atoms with E-state index in [-0.39, 0.29) is 11.9 Å². The quantitative estimate of drug-likeness (QED) is 0.771. The lowest BCUT2D eigenvalue weighted by Crippen LogP contribution is -2.07. The van der Waals surface area contributed by atoms with Crippen molar-refractivity contribution in [2.45, 2.75) is 19.4 Å². The number of aromatic nitrogens is 2. The number of imidazole rings is 1. The van der Waals surface area contributed by atoms with E-state index in [2.05, 4.69) is 24.1 Å². The molecule has 2 aromatic rings. The fourth-order valence-electron chi connectivity index (χ4n) is 2.38. The van der Waals surface area contributed by atoms with Gasteiger partial charge in [0.2, 0.25) is 0 Å². The summed E-state index contributed by atoms with van der Waals surface area (Å²) in [6.07, 6.45) is 10.4. The molecule has 0 saturated carbocycles. The topological polar surface area (TPSA) is 17.8 Å². The van der Waals surface area contributed by atoms with E-state index in [0.717, 1.165) is 23.1 Å². The SMILES string of the molecule is C[C@H](c1cc(F)cc2c1C=CC2)n1ccnc1. The van der Waals surface area contributed by atoms with Crippen LogP contribution in [0.3, 0.4) is 0 Å². The Morgan fingerprint density at radius 2 is 2.29 bits per heavy atom. The minimum Gasteiger partial charge on any atom is -0.330 e. The highest BCUT2D eigenvalue weighted by atomic mass is 19.1. The lowest BCUT2D eigenvalue weighted by molar-refractivity contribution is 0.602. The Morgan fingerprint density at radius 1 is 1.41 bits per heavy atom. The molecule has 2 nitrogen and oxygen atoms in total. The van der Waals surface area contributed by atoms with Gasteiger partial charge < -0.3 is 4.57 Å². The van der Waals surface area contributed by atoms with Gasteiger partial charge >= 0.3 is 0 Å². The molecule has 0 unspecified atom stereocenters. The van der Waals surface area contributed by atoms with Gasteiger partial charge in [-0.25, -0.2) is 9.37 Å². The zero-order chi connectivity index (χ0) is 11.8. The van der Waals surface area contributed by atoms with Crippen molar-refractivity contribution in [2.75, 3.05) is 0 Å². The Kier molecular flexibility index (Phi) is 2.32. The van der Waals surface area contributed by atoms with Crippen molar-refractivity contribution >= 4 is 6.08 Å². The number of halogens is 1. The number of rotatable bonds is 2. The van der Waals surface area contributed by atoms with Crippen LogP contribution < -0.4 is 0 Å². The molecule has 3 heteroatoms. The third-order valence-electron chi connectivity index (χ3n) is 3.31. The van der Waals surface area contributed by atoms with Gasteiger partial charge in [-0.05, 0) is 42.2 Å². The summed E-state index contributed by atoms with van der Waals surface area (Å²) in [6.45, 7) is 2.06. The standard InChI is InChI=1S/C14H13FN2/c1-10(17-6-5-16-9-17)14-8-12(15)7-11-3-2-4-13(11)14/h2,4-10H,3H2,1H3/t10-/m1/s1. The molecule has 86 valence electrons. The van der Waals surface area contributed by atoms with Crippen molar-refractivity contribution in [2.24, 2.45) is 0 Å². The third-order valence-corrected chi connectivity index (χ3v) is 3.31. The number of benzene rings is 1. The normalized spacial score (nSPS) is 14.9. The highest BCUT2D eigenvalue weighted by Gasteiger charge is 2.17. The fourth-order valence-corrected chi connectivity index (χ4v) is 2.38. The summed E-state index contributed by atoms with van der Waals surface area (Å²) < 4.78 is 15.6.